The largest absolute Gasteiger partial charge is 0.465 e. The molecule has 0 unspecified atom stereocenters. The number of nitrogens with two attached hydrogens (primary N) is 1. The van der Waals surface area contributed by atoms with E-state index in [2.05, 4.69) is 4.74 Å². The van der Waals surface area contributed by atoms with Gasteiger partial charge in [0.1, 0.15) is 7.85 Å². The van der Waals surface area contributed by atoms with E-state index in [1.807, 2.05) is 0 Å². The number of hydrogen-bond donors (Lipinski definition) is 1. The molecule has 0 atom stereocenters. The van der Waals surface area contributed by atoms with Gasteiger partial charge < -0.3 is 10.5 Å². The Morgan fingerprint density at radius 1 is 1.54 bits per heavy atom. The van der Waals surface area contributed by atoms with Crippen molar-refractivity contribution in [1.82, 2.24) is 0 Å². The number of methoxy groups -OCH3 is 1. The number of nitrogen functional groups attached to an aromatic ring is 1. The lowest BCUT2D eigenvalue weighted by atomic mass is 9.88. The van der Waals surface area contributed by atoms with Gasteiger partial charge in [-0.25, -0.2) is 4.79 Å². The molecule has 0 aliphatic rings. The molecule has 1 rings (SSSR count). The van der Waals surface area contributed by atoms with Crippen LogP contribution in [0, 0.1) is 6.92 Å². The van der Waals surface area contributed by atoms with Gasteiger partial charge in [0.25, 0.3) is 0 Å². The van der Waals surface area contributed by atoms with Gasteiger partial charge in [-0.1, -0.05) is 5.46 Å². The highest BCUT2D eigenvalue weighted by Gasteiger charge is 2.09. The molecule has 2 N–H and O–H groups in total. The summed E-state index contributed by atoms with van der Waals surface area (Å²) >= 11 is 0. The minimum atomic E-state index is -0.444. The van der Waals surface area contributed by atoms with Gasteiger partial charge in [0.05, 0.1) is 12.7 Å². The van der Waals surface area contributed by atoms with Crippen molar-refractivity contribution in [2.24, 2.45) is 0 Å². The van der Waals surface area contributed by atoms with E-state index < -0.39 is 5.97 Å². The van der Waals surface area contributed by atoms with Crippen LogP contribution in [-0.2, 0) is 4.74 Å². The molecule has 0 saturated heterocycles. The number of esters is 1. The van der Waals surface area contributed by atoms with Crippen molar-refractivity contribution in [3.63, 3.8) is 0 Å². The van der Waals surface area contributed by atoms with Gasteiger partial charge in [-0.3, -0.25) is 0 Å². The van der Waals surface area contributed by atoms with Gasteiger partial charge in [-0.05, 0) is 24.6 Å². The highest BCUT2D eigenvalue weighted by atomic mass is 16.5. The summed E-state index contributed by atoms with van der Waals surface area (Å²) in [7, 11) is 6.90. The van der Waals surface area contributed by atoms with E-state index in [1.54, 1.807) is 19.1 Å². The monoisotopic (exact) mass is 175 g/mol. The first-order valence-corrected chi connectivity index (χ1v) is 3.80. The van der Waals surface area contributed by atoms with E-state index in [-0.39, 0.29) is 0 Å². The van der Waals surface area contributed by atoms with E-state index in [9.17, 15) is 4.79 Å². The second-order valence-corrected chi connectivity index (χ2v) is 2.79. The number of aryl methyl sites for hydroxylation is 1. The zero-order chi connectivity index (χ0) is 10.0. The molecule has 4 heteroatoms. The fourth-order valence-electron chi connectivity index (χ4n) is 1.03. The highest BCUT2D eigenvalue weighted by Crippen LogP contribution is 2.10. The van der Waals surface area contributed by atoms with Gasteiger partial charge in [-0.15, -0.1) is 0 Å². The Balaban J connectivity index is 3.23. The molecule has 0 aliphatic carbocycles. The summed E-state index contributed by atoms with van der Waals surface area (Å²) in [6.07, 6.45) is 0. The third-order valence-electron chi connectivity index (χ3n) is 1.84. The maximum absolute atomic E-state index is 11.2. The minimum Gasteiger partial charge on any atom is -0.465 e. The molecule has 0 aliphatic heterocycles. The third kappa shape index (κ3) is 1.83. The average Bonchev–Trinajstić information content (AvgIpc) is 2.10. The molecule has 0 fully saturated rings. The lowest BCUT2D eigenvalue weighted by Crippen LogP contribution is -2.18. The summed E-state index contributed by atoms with van der Waals surface area (Å²) in [5.41, 5.74) is 7.69. The molecular formula is C9H10BNO2. The lowest BCUT2D eigenvalue weighted by Gasteiger charge is -2.07. The maximum Gasteiger partial charge on any atom is 0.337 e. The Bertz CT molecular complexity index is 350. The molecule has 0 spiro atoms. The third-order valence-corrected chi connectivity index (χ3v) is 1.84. The van der Waals surface area contributed by atoms with E-state index in [0.29, 0.717) is 16.7 Å². The highest BCUT2D eigenvalue weighted by molar-refractivity contribution is 6.36. The van der Waals surface area contributed by atoms with Crippen molar-refractivity contribution in [3.8, 4) is 0 Å². The van der Waals surface area contributed by atoms with Crippen LogP contribution < -0.4 is 11.2 Å². The molecule has 0 bridgehead atoms. The van der Waals surface area contributed by atoms with Gasteiger partial charge in [0.15, 0.2) is 0 Å². The average molecular weight is 175 g/mol. The lowest BCUT2D eigenvalue weighted by molar-refractivity contribution is 0.0602. The van der Waals surface area contributed by atoms with Crippen molar-refractivity contribution in [2.75, 3.05) is 12.8 Å². The number of ether oxygens (including phenoxy) is 1. The normalized spacial score (nSPS) is 9.69. The molecule has 1 aromatic carbocycles. The summed E-state index contributed by atoms with van der Waals surface area (Å²) in [5, 5.41) is 0. The summed E-state index contributed by atoms with van der Waals surface area (Å²) < 4.78 is 4.55. The van der Waals surface area contributed by atoms with Crippen molar-refractivity contribution in [3.05, 3.63) is 23.3 Å². The molecular weight excluding hydrogens is 165 g/mol. The number of rotatable bonds is 1. The van der Waals surface area contributed by atoms with Crippen LogP contribution in [0.3, 0.4) is 0 Å². The van der Waals surface area contributed by atoms with Crippen LogP contribution >= 0.6 is 0 Å². The van der Waals surface area contributed by atoms with E-state index in [1.165, 1.54) is 7.11 Å². The summed E-state index contributed by atoms with van der Waals surface area (Å²) in [6.45, 7) is 1.81. The van der Waals surface area contributed by atoms with Crippen molar-refractivity contribution in [1.29, 1.82) is 0 Å². The Kier molecular flexibility index (Phi) is 2.61. The maximum atomic E-state index is 11.2. The number of anilines is 1. The molecule has 13 heavy (non-hydrogen) atoms. The van der Waals surface area contributed by atoms with E-state index in [4.69, 9.17) is 13.6 Å². The van der Waals surface area contributed by atoms with Crippen LogP contribution in [0.1, 0.15) is 15.9 Å². The van der Waals surface area contributed by atoms with Crippen LogP contribution in [0.4, 0.5) is 5.69 Å². The Morgan fingerprint density at radius 2 is 2.15 bits per heavy atom. The number of carbonyl (C=O) groups is 1. The Morgan fingerprint density at radius 3 is 2.69 bits per heavy atom. The predicted octanol–water partition coefficient (Wildman–Crippen LogP) is 0.158. The topological polar surface area (TPSA) is 52.3 Å². The Hall–Kier alpha value is -1.45. The van der Waals surface area contributed by atoms with Crippen molar-refractivity contribution < 1.29 is 9.53 Å². The van der Waals surface area contributed by atoms with Gasteiger partial charge in [0.2, 0.25) is 0 Å². The fourth-order valence-corrected chi connectivity index (χ4v) is 1.03. The van der Waals surface area contributed by atoms with E-state index >= 15 is 0 Å². The standard InChI is InChI=1S/C9H10BNO2/c1-5-3-6(9(12)13-2)7(10)4-8(5)11/h3-4H,11H2,1-2H3. The molecule has 0 amide bonds. The minimum absolute atomic E-state index is 0.343. The molecule has 0 aromatic heterocycles. The first-order valence-electron chi connectivity index (χ1n) is 3.80. The predicted molar refractivity (Wildman–Crippen MR) is 52.3 cm³/mol. The molecule has 0 heterocycles. The first kappa shape index (κ1) is 9.64. The number of benzene rings is 1. The molecule has 1 aromatic rings. The second kappa shape index (κ2) is 3.52. The van der Waals surface area contributed by atoms with Gasteiger partial charge in [0, 0.05) is 5.69 Å². The van der Waals surface area contributed by atoms with Crippen LogP contribution in [0.2, 0.25) is 0 Å². The molecule has 0 saturated carbocycles. The molecule has 3 nitrogen and oxygen atoms in total. The van der Waals surface area contributed by atoms with Crippen LogP contribution in [0.25, 0.3) is 0 Å². The summed E-state index contributed by atoms with van der Waals surface area (Å²) in [4.78, 5) is 11.2. The fraction of sp³-hybridized carbons (Fsp3) is 0.222. The molecule has 2 radical (unpaired) electrons. The van der Waals surface area contributed by atoms with Crippen molar-refractivity contribution >= 4 is 25.0 Å². The summed E-state index contributed by atoms with van der Waals surface area (Å²) in [6, 6.07) is 3.18. The zero-order valence-electron chi connectivity index (χ0n) is 7.63. The van der Waals surface area contributed by atoms with Crippen LogP contribution in [0.15, 0.2) is 12.1 Å². The smallest absolute Gasteiger partial charge is 0.337 e. The van der Waals surface area contributed by atoms with Crippen LogP contribution in [0.5, 0.6) is 0 Å². The van der Waals surface area contributed by atoms with Crippen LogP contribution in [-0.4, -0.2) is 20.9 Å². The number of hydrogen-bond acceptors (Lipinski definition) is 3. The Labute approximate surface area is 78.3 Å². The van der Waals surface area contributed by atoms with Gasteiger partial charge >= 0.3 is 5.97 Å². The van der Waals surface area contributed by atoms with E-state index in [0.717, 1.165) is 5.56 Å². The quantitative estimate of drug-likeness (QED) is 0.375. The van der Waals surface area contributed by atoms with Crippen molar-refractivity contribution in [2.45, 2.75) is 6.92 Å². The second-order valence-electron chi connectivity index (χ2n) is 2.79. The SMILES string of the molecule is [B]c1cc(N)c(C)cc1C(=O)OC. The molecule has 66 valence electrons. The first-order chi connectivity index (χ1) is 6.06. The summed E-state index contributed by atoms with van der Waals surface area (Å²) in [5.74, 6) is -0.444. The number of carbonyl (C=O) groups excluding carboxylic acids is 1. The zero-order valence-corrected chi connectivity index (χ0v) is 7.63. The van der Waals surface area contributed by atoms with Gasteiger partial charge in [-0.2, -0.15) is 0 Å².